The predicted octanol–water partition coefficient (Wildman–Crippen LogP) is 3.19. The van der Waals surface area contributed by atoms with Crippen molar-refractivity contribution in [3.63, 3.8) is 0 Å². The number of benzene rings is 2. The van der Waals surface area contributed by atoms with E-state index in [-0.39, 0.29) is 23.4 Å². The highest BCUT2D eigenvalue weighted by molar-refractivity contribution is 5.83. The Balaban J connectivity index is 1.69. The molecule has 0 saturated heterocycles. The molecule has 0 aliphatic carbocycles. The summed E-state index contributed by atoms with van der Waals surface area (Å²) in [5, 5.41) is 9.42. The van der Waals surface area contributed by atoms with Crippen LogP contribution in [0.25, 0.3) is 22.1 Å². The van der Waals surface area contributed by atoms with E-state index < -0.39 is 37.2 Å². The van der Waals surface area contributed by atoms with Gasteiger partial charge in [-0.1, -0.05) is 19.1 Å². The van der Waals surface area contributed by atoms with E-state index in [9.17, 15) is 19.2 Å². The molecule has 0 amide bonds. The maximum Gasteiger partial charge on any atom is 0.344 e. The van der Waals surface area contributed by atoms with Crippen LogP contribution in [0.15, 0.2) is 57.9 Å². The van der Waals surface area contributed by atoms with Crippen molar-refractivity contribution < 1.29 is 42.9 Å². The van der Waals surface area contributed by atoms with Gasteiger partial charge < -0.3 is 28.5 Å². The Bertz CT molecular complexity index is 1260. The van der Waals surface area contributed by atoms with Crippen LogP contribution in [0.2, 0.25) is 0 Å². The van der Waals surface area contributed by atoms with Gasteiger partial charge in [-0.15, -0.1) is 0 Å². The first-order valence-electron chi connectivity index (χ1n) is 10.8. The molecule has 0 aliphatic rings. The Labute approximate surface area is 200 Å². The van der Waals surface area contributed by atoms with Crippen LogP contribution in [-0.4, -0.2) is 48.9 Å². The molecule has 10 heteroatoms. The van der Waals surface area contributed by atoms with Crippen LogP contribution >= 0.6 is 0 Å². The van der Waals surface area contributed by atoms with Crippen LogP contribution in [0.5, 0.6) is 11.5 Å². The normalized spacial score (nSPS) is 11.5. The number of carboxylic acids is 1. The molecule has 35 heavy (non-hydrogen) atoms. The molecule has 1 unspecified atom stereocenters. The van der Waals surface area contributed by atoms with E-state index in [4.69, 9.17) is 23.7 Å². The van der Waals surface area contributed by atoms with Crippen LogP contribution in [0, 0.1) is 0 Å². The van der Waals surface area contributed by atoms with Gasteiger partial charge in [0, 0.05) is 6.07 Å². The van der Waals surface area contributed by atoms with Crippen LogP contribution in [0.4, 0.5) is 0 Å². The lowest BCUT2D eigenvalue weighted by molar-refractivity contribution is -0.159. The third-order valence-corrected chi connectivity index (χ3v) is 4.85. The number of carbonyl (C=O) groups is 3. The second kappa shape index (κ2) is 11.7. The Morgan fingerprint density at radius 3 is 2.29 bits per heavy atom. The monoisotopic (exact) mass is 484 g/mol. The third kappa shape index (κ3) is 6.59. The highest BCUT2D eigenvalue weighted by Gasteiger charge is 2.17. The van der Waals surface area contributed by atoms with Gasteiger partial charge in [0.15, 0.2) is 24.7 Å². The average molecular weight is 484 g/mol. The molecular weight excluding hydrogens is 460 g/mol. The first kappa shape index (κ1) is 25.3. The van der Waals surface area contributed by atoms with E-state index in [1.54, 1.807) is 38.1 Å². The Kier molecular flexibility index (Phi) is 8.44. The maximum absolute atomic E-state index is 13.0. The summed E-state index contributed by atoms with van der Waals surface area (Å²) in [5.41, 5.74) is 0.854. The fourth-order valence-electron chi connectivity index (χ4n) is 3.11. The smallest absolute Gasteiger partial charge is 0.344 e. The van der Waals surface area contributed by atoms with Crippen molar-refractivity contribution in [2.45, 2.75) is 26.4 Å². The number of carbonyl (C=O) groups excluding carboxylic acids is 2. The van der Waals surface area contributed by atoms with Crippen LogP contribution in [-0.2, 0) is 23.9 Å². The fraction of sp³-hybridized carbons (Fsp3) is 0.280. The Morgan fingerprint density at radius 1 is 0.943 bits per heavy atom. The molecule has 0 fully saturated rings. The lowest BCUT2D eigenvalue weighted by atomic mass is 10.1. The molecule has 0 aliphatic heterocycles. The summed E-state index contributed by atoms with van der Waals surface area (Å²) in [6.45, 7) is 2.59. The first-order chi connectivity index (χ1) is 16.8. The van der Waals surface area contributed by atoms with Gasteiger partial charge in [-0.25, -0.2) is 14.4 Å². The molecular formula is C25H24O10. The summed E-state index contributed by atoms with van der Waals surface area (Å²) in [6, 6.07) is 10.9. The van der Waals surface area contributed by atoms with Crippen molar-refractivity contribution in [2.24, 2.45) is 0 Å². The second-order valence-electron chi connectivity index (χ2n) is 7.27. The van der Waals surface area contributed by atoms with Gasteiger partial charge in [0.2, 0.25) is 0 Å². The zero-order valence-corrected chi connectivity index (χ0v) is 19.1. The summed E-state index contributed by atoms with van der Waals surface area (Å²) in [6.07, 6.45) is 0.665. The number of ether oxygens (including phenoxy) is 4. The topological polar surface area (TPSA) is 139 Å². The van der Waals surface area contributed by atoms with E-state index in [0.717, 1.165) is 0 Å². The molecule has 2 aromatic carbocycles. The lowest BCUT2D eigenvalue weighted by Gasteiger charge is -2.13. The Hall–Kier alpha value is -4.34. The van der Waals surface area contributed by atoms with Crippen LogP contribution in [0.3, 0.4) is 0 Å². The summed E-state index contributed by atoms with van der Waals surface area (Å²) in [7, 11) is 0. The van der Waals surface area contributed by atoms with E-state index in [1.165, 1.54) is 24.5 Å². The summed E-state index contributed by atoms with van der Waals surface area (Å²) >= 11 is 0. The summed E-state index contributed by atoms with van der Waals surface area (Å²) in [5.74, 6) is -1.82. The van der Waals surface area contributed by atoms with Gasteiger partial charge in [-0.3, -0.25) is 4.79 Å². The number of hydrogen-bond acceptors (Lipinski definition) is 9. The van der Waals surface area contributed by atoms with Gasteiger partial charge in [-0.05, 0) is 43.2 Å². The molecule has 0 saturated carbocycles. The van der Waals surface area contributed by atoms with Crippen molar-refractivity contribution in [2.75, 3.05) is 19.8 Å². The predicted molar refractivity (Wildman–Crippen MR) is 123 cm³/mol. The van der Waals surface area contributed by atoms with E-state index >= 15 is 0 Å². The molecule has 1 atom stereocenters. The second-order valence-corrected chi connectivity index (χ2v) is 7.27. The Morgan fingerprint density at radius 2 is 1.63 bits per heavy atom. The number of hydrogen-bond donors (Lipinski definition) is 1. The molecule has 0 bridgehead atoms. The molecule has 1 heterocycles. The fourth-order valence-corrected chi connectivity index (χ4v) is 3.11. The van der Waals surface area contributed by atoms with Crippen LogP contribution < -0.4 is 14.9 Å². The summed E-state index contributed by atoms with van der Waals surface area (Å²) < 4.78 is 25.8. The largest absolute Gasteiger partial charge is 0.482 e. The number of rotatable bonds is 11. The highest BCUT2D eigenvalue weighted by Crippen LogP contribution is 2.25. The van der Waals surface area contributed by atoms with Crippen molar-refractivity contribution in [3.8, 4) is 22.6 Å². The summed E-state index contributed by atoms with van der Waals surface area (Å²) in [4.78, 5) is 47.0. The molecule has 184 valence electrons. The maximum atomic E-state index is 13.0. The lowest BCUT2D eigenvalue weighted by Crippen LogP contribution is -2.25. The van der Waals surface area contributed by atoms with Crippen molar-refractivity contribution in [3.05, 3.63) is 59.0 Å². The molecule has 10 nitrogen and oxygen atoms in total. The molecule has 3 aromatic rings. The molecule has 0 radical (unpaired) electrons. The van der Waals surface area contributed by atoms with E-state index in [1.807, 2.05) is 0 Å². The van der Waals surface area contributed by atoms with Gasteiger partial charge in [0.05, 0.1) is 17.6 Å². The minimum Gasteiger partial charge on any atom is -0.482 e. The minimum absolute atomic E-state index is 0.183. The molecule has 0 spiro atoms. The SMILES string of the molecule is CCOC(=O)COC(=O)COc1ccc2c(=O)c(-c3ccc(OC(CC)C(=O)O)cc3)coc2c1. The van der Waals surface area contributed by atoms with Gasteiger partial charge in [-0.2, -0.15) is 0 Å². The number of aliphatic carboxylic acids is 1. The van der Waals surface area contributed by atoms with Crippen molar-refractivity contribution in [1.29, 1.82) is 0 Å². The van der Waals surface area contributed by atoms with Crippen molar-refractivity contribution >= 4 is 28.9 Å². The molecule has 1 N–H and O–H groups in total. The van der Waals surface area contributed by atoms with E-state index in [2.05, 4.69) is 4.74 Å². The standard InChI is InChI=1S/C25H24O10/c1-3-20(25(29)30)35-16-7-5-15(6-8-16)19-12-33-21-11-17(9-10-18(21)24(19)28)32-13-23(27)34-14-22(26)31-4-2/h5-12,20H,3-4,13-14H2,1-2H3,(H,29,30). The molecule has 3 rings (SSSR count). The van der Waals surface area contributed by atoms with Crippen LogP contribution in [0.1, 0.15) is 20.3 Å². The van der Waals surface area contributed by atoms with Gasteiger partial charge in [0.1, 0.15) is 23.3 Å². The van der Waals surface area contributed by atoms with Gasteiger partial charge >= 0.3 is 17.9 Å². The highest BCUT2D eigenvalue weighted by atomic mass is 16.6. The number of carboxylic acid groups (broad SMARTS) is 1. The quantitative estimate of drug-likeness (QED) is 0.404. The average Bonchev–Trinajstić information content (AvgIpc) is 2.85. The zero-order valence-electron chi connectivity index (χ0n) is 19.1. The zero-order chi connectivity index (χ0) is 25.4. The number of fused-ring (bicyclic) bond motifs is 1. The third-order valence-electron chi connectivity index (χ3n) is 4.85. The van der Waals surface area contributed by atoms with Gasteiger partial charge in [0.25, 0.3) is 0 Å². The van der Waals surface area contributed by atoms with Crippen molar-refractivity contribution in [1.82, 2.24) is 0 Å². The van der Waals surface area contributed by atoms with E-state index in [0.29, 0.717) is 28.7 Å². The molecule has 1 aromatic heterocycles. The minimum atomic E-state index is -1.05. The number of esters is 2. The first-order valence-corrected chi connectivity index (χ1v) is 10.8.